The maximum atomic E-state index is 12.7. The number of carbonyl (C=O) groups excluding carboxylic acids is 1. The number of ether oxygens (including phenoxy) is 2. The van der Waals surface area contributed by atoms with Gasteiger partial charge in [-0.25, -0.2) is 19.3 Å². The van der Waals surface area contributed by atoms with Crippen LogP contribution < -0.4 is 0 Å². The number of carboxylic acids is 1. The van der Waals surface area contributed by atoms with Crippen LogP contribution in [0.5, 0.6) is 11.5 Å². The van der Waals surface area contributed by atoms with Crippen LogP contribution in [0.2, 0.25) is 0 Å². The van der Waals surface area contributed by atoms with E-state index < -0.39 is 42.6 Å². The molecule has 206 valence electrons. The van der Waals surface area contributed by atoms with Crippen molar-refractivity contribution in [3.63, 3.8) is 0 Å². The number of carbonyl (C=O) groups is 2. The lowest BCUT2D eigenvalue weighted by molar-refractivity contribution is -0.278. The number of phenolic OH excluding ortho intramolecular Hbond substituents is 2. The maximum Gasteiger partial charge on any atom is 0.340 e. The molecule has 2 heterocycles. The molecule has 0 radical (unpaired) electrons. The zero-order valence-electron chi connectivity index (χ0n) is 20.5. The third-order valence-electron chi connectivity index (χ3n) is 6.28. The number of hydrogen-bond donors (Lipinski definition) is 6. The molecule has 3 aromatic carbocycles. The summed E-state index contributed by atoms with van der Waals surface area (Å²) in [6, 6.07) is 18.7. The quantitative estimate of drug-likeness (QED) is 0.187. The first-order valence-electron chi connectivity index (χ1n) is 11.9. The third-order valence-corrected chi connectivity index (χ3v) is 6.28. The molecule has 13 nitrogen and oxygen atoms in total. The zero-order chi connectivity index (χ0) is 28.6. The van der Waals surface area contributed by atoms with Gasteiger partial charge in [0.05, 0.1) is 22.4 Å². The number of aromatic nitrogens is 3. The summed E-state index contributed by atoms with van der Waals surface area (Å²) in [5, 5.41) is 64.3. The predicted octanol–water partition coefficient (Wildman–Crippen LogP) is 1.06. The van der Waals surface area contributed by atoms with Crippen molar-refractivity contribution in [1.29, 1.82) is 0 Å². The van der Waals surface area contributed by atoms with Gasteiger partial charge in [-0.3, -0.25) is 0 Å². The number of benzene rings is 3. The molecule has 1 fully saturated rings. The highest BCUT2D eigenvalue weighted by Crippen LogP contribution is 2.33. The summed E-state index contributed by atoms with van der Waals surface area (Å²) >= 11 is 0. The largest absolute Gasteiger partial charge is 0.507 e. The van der Waals surface area contributed by atoms with Crippen molar-refractivity contribution >= 4 is 11.9 Å². The number of aliphatic hydroxyl groups excluding tert-OH is 3. The molecule has 1 aliphatic rings. The first-order chi connectivity index (χ1) is 19.2. The van der Waals surface area contributed by atoms with Crippen molar-refractivity contribution in [3.8, 4) is 40.0 Å². The van der Waals surface area contributed by atoms with E-state index in [0.717, 1.165) is 0 Å². The lowest BCUT2D eigenvalue weighted by atomic mass is 9.99. The van der Waals surface area contributed by atoms with Crippen LogP contribution in [-0.4, -0.2) is 88.0 Å². The van der Waals surface area contributed by atoms with Crippen LogP contribution >= 0.6 is 0 Å². The summed E-state index contributed by atoms with van der Waals surface area (Å²) in [7, 11) is 0. The molecule has 0 amide bonds. The number of aliphatic carboxylic acids is 1. The molecular formula is C27H23N3O10. The topological polar surface area (TPSA) is 205 Å². The van der Waals surface area contributed by atoms with Gasteiger partial charge in [-0.1, -0.05) is 24.3 Å². The SMILES string of the molecule is O=C(OC1O[C@H](C(=O)O)[C@@H](O)[C@H](O)[C@H]1O)c1ccc(-n2nc(-c3ccccc3O)nc2-c2ccccc2O)cc1. The Bertz CT molecular complexity index is 1550. The second-order valence-corrected chi connectivity index (χ2v) is 8.89. The molecule has 5 atom stereocenters. The molecule has 4 aromatic rings. The van der Waals surface area contributed by atoms with Crippen LogP contribution in [0.4, 0.5) is 0 Å². The summed E-state index contributed by atoms with van der Waals surface area (Å²) in [5.41, 5.74) is 1.12. The molecule has 0 bridgehead atoms. The van der Waals surface area contributed by atoms with Gasteiger partial charge in [-0.15, -0.1) is 5.10 Å². The predicted molar refractivity (Wildman–Crippen MR) is 135 cm³/mol. The van der Waals surface area contributed by atoms with Crippen molar-refractivity contribution in [2.45, 2.75) is 30.7 Å². The minimum atomic E-state index is -1.93. The number of carboxylic acid groups (broad SMARTS) is 1. The monoisotopic (exact) mass is 549 g/mol. The molecule has 40 heavy (non-hydrogen) atoms. The van der Waals surface area contributed by atoms with E-state index in [0.29, 0.717) is 16.8 Å². The van der Waals surface area contributed by atoms with Crippen LogP contribution in [0, 0.1) is 0 Å². The van der Waals surface area contributed by atoms with Crippen LogP contribution in [0.3, 0.4) is 0 Å². The fourth-order valence-corrected chi connectivity index (χ4v) is 4.17. The third kappa shape index (κ3) is 4.97. The Labute approximate surface area is 225 Å². The smallest absolute Gasteiger partial charge is 0.340 e. The van der Waals surface area contributed by atoms with E-state index >= 15 is 0 Å². The van der Waals surface area contributed by atoms with Gasteiger partial charge in [-0.05, 0) is 48.5 Å². The second-order valence-electron chi connectivity index (χ2n) is 8.89. The van der Waals surface area contributed by atoms with Crippen molar-refractivity contribution in [1.82, 2.24) is 14.8 Å². The second kappa shape index (κ2) is 10.7. The summed E-state index contributed by atoms with van der Waals surface area (Å²) < 4.78 is 11.5. The fourth-order valence-electron chi connectivity index (χ4n) is 4.17. The average Bonchev–Trinajstić information content (AvgIpc) is 3.38. The number of phenols is 2. The Balaban J connectivity index is 1.44. The minimum Gasteiger partial charge on any atom is -0.507 e. The van der Waals surface area contributed by atoms with Crippen molar-refractivity contribution in [2.24, 2.45) is 0 Å². The number of aliphatic hydroxyl groups is 3. The van der Waals surface area contributed by atoms with Gasteiger partial charge < -0.3 is 40.1 Å². The van der Waals surface area contributed by atoms with Gasteiger partial charge in [-0.2, -0.15) is 0 Å². The highest BCUT2D eigenvalue weighted by atomic mass is 16.7. The number of nitrogens with zero attached hydrogens (tertiary/aromatic N) is 3. The number of para-hydroxylation sites is 2. The molecule has 1 unspecified atom stereocenters. The van der Waals surface area contributed by atoms with Gasteiger partial charge in [0.1, 0.15) is 29.8 Å². The Kier molecular flexibility index (Phi) is 7.19. The molecule has 0 spiro atoms. The molecule has 1 aliphatic heterocycles. The number of aromatic hydroxyl groups is 2. The van der Waals surface area contributed by atoms with Gasteiger partial charge in [0.15, 0.2) is 17.8 Å². The number of rotatable bonds is 6. The fraction of sp³-hybridized carbons (Fsp3) is 0.185. The summed E-state index contributed by atoms with van der Waals surface area (Å²) in [6.07, 6.45) is -9.51. The number of esters is 1. The van der Waals surface area contributed by atoms with Gasteiger partial charge in [0.2, 0.25) is 6.29 Å². The van der Waals surface area contributed by atoms with E-state index in [2.05, 4.69) is 10.1 Å². The molecule has 13 heteroatoms. The first-order valence-corrected chi connectivity index (χ1v) is 11.9. The van der Waals surface area contributed by atoms with Crippen LogP contribution in [0.1, 0.15) is 10.4 Å². The number of hydrogen-bond acceptors (Lipinski definition) is 11. The van der Waals surface area contributed by atoms with Crippen molar-refractivity contribution < 1.29 is 49.7 Å². The summed E-state index contributed by atoms with van der Waals surface area (Å²) in [4.78, 5) is 28.6. The van der Waals surface area contributed by atoms with Gasteiger partial charge in [0.25, 0.3) is 0 Å². The van der Waals surface area contributed by atoms with Gasteiger partial charge in [0, 0.05) is 0 Å². The van der Waals surface area contributed by atoms with Crippen molar-refractivity contribution in [3.05, 3.63) is 78.4 Å². The molecule has 1 saturated heterocycles. The van der Waals surface area contributed by atoms with Gasteiger partial charge >= 0.3 is 11.9 Å². The minimum absolute atomic E-state index is 0.0165. The van der Waals surface area contributed by atoms with Crippen LogP contribution in [0.25, 0.3) is 28.5 Å². The van der Waals surface area contributed by atoms with E-state index in [1.807, 2.05) is 0 Å². The standard InChI is InChI=1S/C27H23N3O10/c31-17-7-3-1-5-15(17)23-28-24(16-6-2-4-8-18(16)32)30(29-23)14-11-9-13(10-12-14)26(38)40-27-21(35)19(33)20(34)22(39-27)25(36)37/h1-12,19-22,27,31-35H,(H,36,37)/t19-,20-,21+,22-,27?/m0/s1. The molecule has 1 aromatic heterocycles. The highest BCUT2D eigenvalue weighted by Gasteiger charge is 2.48. The Morgan fingerprint density at radius 3 is 2.00 bits per heavy atom. The highest BCUT2D eigenvalue weighted by molar-refractivity contribution is 5.89. The molecule has 0 saturated carbocycles. The van der Waals surface area contributed by atoms with Crippen LogP contribution in [0.15, 0.2) is 72.8 Å². The van der Waals surface area contributed by atoms with E-state index in [1.165, 1.54) is 41.1 Å². The first kappa shape index (κ1) is 26.8. The Hall–Kier alpha value is -4.82. The Morgan fingerprint density at radius 2 is 1.40 bits per heavy atom. The molecule has 0 aliphatic carbocycles. The lowest BCUT2D eigenvalue weighted by Gasteiger charge is -2.37. The molecular weight excluding hydrogens is 526 g/mol. The van der Waals surface area contributed by atoms with Crippen molar-refractivity contribution in [2.75, 3.05) is 0 Å². The average molecular weight is 549 g/mol. The molecule has 5 rings (SSSR count). The van der Waals surface area contributed by atoms with E-state index in [9.17, 15) is 40.2 Å². The maximum absolute atomic E-state index is 12.7. The van der Waals surface area contributed by atoms with Crippen LogP contribution in [-0.2, 0) is 14.3 Å². The summed E-state index contributed by atoms with van der Waals surface area (Å²) in [5.74, 6) is -2.29. The Morgan fingerprint density at radius 1 is 0.800 bits per heavy atom. The van der Waals surface area contributed by atoms with E-state index in [1.54, 1.807) is 36.4 Å². The molecule has 6 N–H and O–H groups in total. The lowest BCUT2D eigenvalue weighted by Crippen LogP contribution is -2.60. The van der Waals surface area contributed by atoms with E-state index in [-0.39, 0.29) is 28.7 Å². The zero-order valence-corrected chi connectivity index (χ0v) is 20.5. The van der Waals surface area contributed by atoms with E-state index in [4.69, 9.17) is 9.47 Å². The normalized spacial score (nSPS) is 22.5. The summed E-state index contributed by atoms with van der Waals surface area (Å²) in [6.45, 7) is 0.